The molecule has 0 aliphatic carbocycles. The summed E-state index contributed by atoms with van der Waals surface area (Å²) in [6.07, 6.45) is 0. The highest BCUT2D eigenvalue weighted by Gasteiger charge is 2.51. The normalized spacial score (nSPS) is 12.6. The Bertz CT molecular complexity index is 1690. The Hall–Kier alpha value is -2.67. The van der Waals surface area contributed by atoms with Crippen LogP contribution >= 0.6 is 26.5 Å². The Balaban J connectivity index is 1.79. The zero-order valence-electron chi connectivity index (χ0n) is 24.1. The van der Waals surface area contributed by atoms with Gasteiger partial charge in [-0.3, -0.25) is 13.9 Å². The molecular formula is C27H34N4O8P2S2. The zero-order valence-corrected chi connectivity index (χ0v) is 27.5. The van der Waals surface area contributed by atoms with Crippen LogP contribution in [-0.4, -0.2) is 50.3 Å². The molecule has 16 heteroatoms. The lowest BCUT2D eigenvalue weighted by Crippen LogP contribution is -2.26. The minimum absolute atomic E-state index is 0.0161. The van der Waals surface area contributed by atoms with E-state index in [0.717, 1.165) is 0 Å². The average molecular weight is 669 g/mol. The lowest BCUT2D eigenvalue weighted by molar-refractivity contribution is 0.198. The van der Waals surface area contributed by atoms with Crippen LogP contribution in [0.15, 0.2) is 70.9 Å². The van der Waals surface area contributed by atoms with E-state index in [1.807, 2.05) is 5.38 Å². The number of aromatic nitrogens is 2. The number of hydrogen-bond donors (Lipinski definition) is 2. The molecule has 2 heterocycles. The van der Waals surface area contributed by atoms with Gasteiger partial charge in [0.1, 0.15) is 10.6 Å². The Morgan fingerprint density at radius 2 is 1.42 bits per heavy atom. The van der Waals surface area contributed by atoms with Crippen molar-refractivity contribution in [3.8, 4) is 11.4 Å². The van der Waals surface area contributed by atoms with E-state index in [2.05, 4.69) is 20.0 Å². The Kier molecular flexibility index (Phi) is 11.1. The molecule has 0 spiro atoms. The Morgan fingerprint density at radius 3 is 2.00 bits per heavy atom. The van der Waals surface area contributed by atoms with Crippen molar-refractivity contribution >= 4 is 58.3 Å². The van der Waals surface area contributed by atoms with Crippen LogP contribution in [0.25, 0.3) is 21.6 Å². The lowest BCUT2D eigenvalue weighted by atomic mass is 10.2. The standard InChI is InChI=1S/C27H34N4O8P2S2/c1-5-36-40(32,37-6-2)27(41(33,38-7-3)39-8-4)30-25-23-17-18-42-26(23)29-24(28-25)20-13-12-14-21(19-20)31-43(34,35)22-15-10-9-11-16-22/h9-19,27,31H,5-8H2,1-4H3,(H,28,29,30). The molecule has 0 atom stereocenters. The topological polar surface area (TPSA) is 155 Å². The molecule has 0 aliphatic heterocycles. The number of anilines is 2. The van der Waals surface area contributed by atoms with Crippen molar-refractivity contribution in [3.05, 3.63) is 66.0 Å². The Morgan fingerprint density at radius 1 is 0.814 bits per heavy atom. The van der Waals surface area contributed by atoms with Gasteiger partial charge in [0, 0.05) is 11.3 Å². The first kappa shape index (κ1) is 33.2. The summed E-state index contributed by atoms with van der Waals surface area (Å²) in [5, 5.41) is 5.41. The first-order chi connectivity index (χ1) is 20.6. The van der Waals surface area contributed by atoms with Gasteiger partial charge in [-0.05, 0) is 63.4 Å². The predicted molar refractivity (Wildman–Crippen MR) is 169 cm³/mol. The number of hydrogen-bond acceptors (Lipinski definition) is 12. The van der Waals surface area contributed by atoms with Crippen molar-refractivity contribution in [1.82, 2.24) is 9.97 Å². The summed E-state index contributed by atoms with van der Waals surface area (Å²) in [5.41, 5.74) is -0.744. The largest absolute Gasteiger partial charge is 0.365 e. The van der Waals surface area contributed by atoms with Crippen molar-refractivity contribution in [3.63, 3.8) is 0 Å². The van der Waals surface area contributed by atoms with E-state index >= 15 is 0 Å². The maximum atomic E-state index is 14.1. The molecule has 0 aliphatic rings. The highest BCUT2D eigenvalue weighted by Crippen LogP contribution is 2.70. The van der Waals surface area contributed by atoms with Gasteiger partial charge in [0.2, 0.25) is 5.52 Å². The SMILES string of the molecule is CCOP(=O)(OCC)C(Nc1nc(-c2cccc(NS(=O)(=O)c3ccccc3)c2)nc2sccc12)P(=O)(OCC)OCC. The molecule has 0 saturated heterocycles. The molecule has 12 nitrogen and oxygen atoms in total. The molecule has 4 aromatic rings. The summed E-state index contributed by atoms with van der Waals surface area (Å²) in [5.74, 6) is 0.433. The number of sulfonamides is 1. The zero-order chi connectivity index (χ0) is 31.1. The predicted octanol–water partition coefficient (Wildman–Crippen LogP) is 7.39. The van der Waals surface area contributed by atoms with E-state index in [4.69, 9.17) is 18.1 Å². The van der Waals surface area contributed by atoms with Crippen molar-refractivity contribution < 1.29 is 35.6 Å². The third-order valence-corrected chi connectivity index (χ3v) is 13.7. The first-order valence-electron chi connectivity index (χ1n) is 13.6. The highest BCUT2D eigenvalue weighted by atomic mass is 32.2. The van der Waals surface area contributed by atoms with E-state index < -0.39 is 30.7 Å². The van der Waals surface area contributed by atoms with Crippen LogP contribution in [0.4, 0.5) is 11.5 Å². The van der Waals surface area contributed by atoms with Gasteiger partial charge in [-0.2, -0.15) is 0 Å². The van der Waals surface area contributed by atoms with Crippen molar-refractivity contribution in [2.24, 2.45) is 0 Å². The van der Waals surface area contributed by atoms with Crippen LogP contribution in [0.2, 0.25) is 0 Å². The molecule has 0 saturated carbocycles. The second-order valence-corrected chi connectivity index (χ2v) is 16.0. The summed E-state index contributed by atoms with van der Waals surface area (Å²) >= 11 is 1.34. The molecule has 0 amide bonds. The van der Waals surface area contributed by atoms with Crippen LogP contribution in [0.3, 0.4) is 0 Å². The smallest absolute Gasteiger partial charge is 0.346 e. The molecule has 0 unspecified atom stereocenters. The van der Waals surface area contributed by atoms with Crippen LogP contribution in [-0.2, 0) is 37.2 Å². The van der Waals surface area contributed by atoms with Crippen LogP contribution in [0.5, 0.6) is 0 Å². The van der Waals surface area contributed by atoms with Crippen molar-refractivity contribution in [2.45, 2.75) is 38.1 Å². The van der Waals surface area contributed by atoms with Gasteiger partial charge in [0.05, 0.1) is 36.7 Å². The van der Waals surface area contributed by atoms with Crippen LogP contribution in [0, 0.1) is 0 Å². The maximum Gasteiger partial charge on any atom is 0.365 e. The minimum Gasteiger partial charge on any atom is -0.346 e. The number of nitrogens with zero attached hydrogens (tertiary/aromatic N) is 2. The van der Waals surface area contributed by atoms with E-state index in [-0.39, 0.29) is 43.0 Å². The summed E-state index contributed by atoms with van der Waals surface area (Å²) in [6.45, 7) is 6.65. The maximum absolute atomic E-state index is 14.1. The number of rotatable bonds is 16. The van der Waals surface area contributed by atoms with Crippen molar-refractivity contribution in [1.29, 1.82) is 0 Å². The summed E-state index contributed by atoms with van der Waals surface area (Å²) in [6, 6.07) is 16.4. The molecule has 0 bridgehead atoms. The summed E-state index contributed by atoms with van der Waals surface area (Å²) < 4.78 is 78.9. The monoisotopic (exact) mass is 668 g/mol. The van der Waals surface area contributed by atoms with Gasteiger partial charge in [0.25, 0.3) is 10.0 Å². The number of nitrogens with one attached hydrogen (secondary N) is 2. The average Bonchev–Trinajstić information content (AvgIpc) is 3.46. The fourth-order valence-electron chi connectivity index (χ4n) is 4.16. The molecule has 0 fully saturated rings. The molecular weight excluding hydrogens is 634 g/mol. The quantitative estimate of drug-likeness (QED) is 0.115. The Labute approximate surface area is 255 Å². The van der Waals surface area contributed by atoms with Crippen LogP contribution in [0.1, 0.15) is 27.7 Å². The van der Waals surface area contributed by atoms with E-state index in [1.165, 1.54) is 23.5 Å². The number of benzene rings is 2. The number of thiophene rings is 1. The van der Waals surface area contributed by atoms with Gasteiger partial charge in [-0.15, -0.1) is 11.3 Å². The second kappa shape index (κ2) is 14.4. The van der Waals surface area contributed by atoms with Gasteiger partial charge in [-0.25, -0.2) is 18.4 Å². The summed E-state index contributed by atoms with van der Waals surface area (Å²) in [4.78, 5) is 10.1. The fourth-order valence-corrected chi connectivity index (χ4v) is 10.9. The number of fused-ring (bicyclic) bond motifs is 1. The lowest BCUT2D eigenvalue weighted by Gasteiger charge is -2.32. The van der Waals surface area contributed by atoms with Gasteiger partial charge in [0.15, 0.2) is 5.82 Å². The van der Waals surface area contributed by atoms with E-state index in [0.29, 0.717) is 21.5 Å². The highest BCUT2D eigenvalue weighted by molar-refractivity contribution is 7.92. The van der Waals surface area contributed by atoms with Gasteiger partial charge in [-0.1, -0.05) is 30.3 Å². The van der Waals surface area contributed by atoms with E-state index in [9.17, 15) is 17.5 Å². The van der Waals surface area contributed by atoms with E-state index in [1.54, 1.807) is 76.2 Å². The van der Waals surface area contributed by atoms with Crippen molar-refractivity contribution in [2.75, 3.05) is 36.5 Å². The molecule has 0 radical (unpaired) electrons. The van der Waals surface area contributed by atoms with Gasteiger partial charge < -0.3 is 23.4 Å². The molecule has 43 heavy (non-hydrogen) atoms. The third-order valence-electron chi connectivity index (χ3n) is 5.85. The molecule has 4 rings (SSSR count). The summed E-state index contributed by atoms with van der Waals surface area (Å²) in [7, 11) is -12.1. The minimum atomic E-state index is -4.14. The molecule has 232 valence electrons. The molecule has 2 aromatic heterocycles. The second-order valence-electron chi connectivity index (χ2n) is 8.80. The first-order valence-corrected chi connectivity index (χ1v) is 19.2. The molecule has 2 aromatic carbocycles. The fraction of sp³-hybridized carbons (Fsp3) is 0.333. The van der Waals surface area contributed by atoms with Gasteiger partial charge >= 0.3 is 15.2 Å². The third kappa shape index (κ3) is 7.71. The van der Waals surface area contributed by atoms with Crippen LogP contribution < -0.4 is 10.0 Å². The molecule has 2 N–H and O–H groups in total.